The summed E-state index contributed by atoms with van der Waals surface area (Å²) in [6, 6.07) is 7.67. The first-order chi connectivity index (χ1) is 13.2. The van der Waals surface area contributed by atoms with Crippen LogP contribution in [0, 0.1) is 23.7 Å². The lowest BCUT2D eigenvalue weighted by molar-refractivity contribution is -0.517. The average Bonchev–Trinajstić information content (AvgIpc) is 2.70. The molecule has 6 rings (SSSR count). The van der Waals surface area contributed by atoms with E-state index in [2.05, 4.69) is 6.58 Å². The van der Waals surface area contributed by atoms with E-state index in [4.69, 9.17) is 24.4 Å². The van der Waals surface area contributed by atoms with Gasteiger partial charge in [-0.25, -0.2) is 4.89 Å². The van der Waals surface area contributed by atoms with Gasteiger partial charge in [-0.3, -0.25) is 0 Å². The number of aliphatic hydroxyl groups is 1. The minimum absolute atomic E-state index is 0.00921. The lowest BCUT2D eigenvalue weighted by atomic mass is 9.53. The Hall–Kier alpha value is -1.40. The van der Waals surface area contributed by atoms with Crippen molar-refractivity contribution in [2.75, 3.05) is 19.8 Å². The Labute approximate surface area is 160 Å². The summed E-state index contributed by atoms with van der Waals surface area (Å²) < 4.78 is 11.9. The summed E-state index contributed by atoms with van der Waals surface area (Å²) in [4.78, 5) is 11.9. The van der Waals surface area contributed by atoms with Crippen LogP contribution in [0.3, 0.4) is 0 Å². The van der Waals surface area contributed by atoms with Crippen LogP contribution in [0.25, 0.3) is 5.57 Å². The van der Waals surface area contributed by atoms with Gasteiger partial charge in [0.15, 0.2) is 0 Å². The zero-order valence-electron chi connectivity index (χ0n) is 15.6. The van der Waals surface area contributed by atoms with Gasteiger partial charge >= 0.3 is 0 Å². The maximum atomic E-state index is 8.92. The van der Waals surface area contributed by atoms with Crippen LogP contribution in [0.2, 0.25) is 0 Å². The second-order valence-electron chi connectivity index (χ2n) is 8.63. The Morgan fingerprint density at radius 2 is 1.89 bits per heavy atom. The van der Waals surface area contributed by atoms with Crippen LogP contribution in [-0.2, 0) is 14.5 Å². The summed E-state index contributed by atoms with van der Waals surface area (Å²) in [5.74, 6) is 2.84. The van der Waals surface area contributed by atoms with E-state index in [1.54, 1.807) is 0 Å². The molecule has 1 aromatic carbocycles. The van der Waals surface area contributed by atoms with E-state index >= 15 is 0 Å². The maximum absolute atomic E-state index is 8.92. The summed E-state index contributed by atoms with van der Waals surface area (Å²) in [6.45, 7) is 4.94. The lowest BCUT2D eigenvalue weighted by Gasteiger charge is -2.60. The van der Waals surface area contributed by atoms with Crippen LogP contribution in [0.5, 0.6) is 5.75 Å². The molecule has 1 heterocycles. The first-order valence-electron chi connectivity index (χ1n) is 10.2. The van der Waals surface area contributed by atoms with Crippen LogP contribution >= 0.6 is 0 Å². The Morgan fingerprint density at radius 3 is 2.52 bits per heavy atom. The fraction of sp³-hybridized carbons (Fsp3) is 0.636. The number of hydrogen-bond acceptors (Lipinski definition) is 5. The van der Waals surface area contributed by atoms with Crippen LogP contribution in [0.15, 0.2) is 30.8 Å². The molecular weight excluding hydrogens is 344 g/mol. The fourth-order valence-corrected chi connectivity index (χ4v) is 5.90. The Balaban J connectivity index is 1.26. The Bertz CT molecular complexity index is 676. The van der Waals surface area contributed by atoms with Crippen LogP contribution in [0.1, 0.15) is 37.7 Å². The van der Waals surface area contributed by atoms with E-state index in [-0.39, 0.29) is 19.3 Å². The van der Waals surface area contributed by atoms with E-state index in [0.29, 0.717) is 24.2 Å². The summed E-state index contributed by atoms with van der Waals surface area (Å²) in [7, 11) is 0. The molecule has 1 atom stereocenters. The molecule has 1 aliphatic heterocycles. The van der Waals surface area contributed by atoms with Gasteiger partial charge in [0.2, 0.25) is 5.79 Å². The summed E-state index contributed by atoms with van der Waals surface area (Å²) in [5.41, 5.74) is 1.76. The second kappa shape index (κ2) is 6.89. The molecule has 1 aromatic rings. The van der Waals surface area contributed by atoms with Gasteiger partial charge in [-0.1, -0.05) is 18.7 Å². The van der Waals surface area contributed by atoms with Gasteiger partial charge < -0.3 is 14.6 Å². The van der Waals surface area contributed by atoms with Gasteiger partial charge in [0.05, 0.1) is 13.2 Å². The standard InChI is InChI=1S/C22H28O5/c1-14(17-3-2-4-20(12-17)24-6-5-23)21-13-25-22(27-26-21)18-8-15-7-16(10-18)11-19(22)9-15/h2-4,12,15-16,18-19,21,23H,1,5-11,13H2. The number of rotatable bonds is 5. The van der Waals surface area contributed by atoms with E-state index in [0.717, 1.165) is 23.0 Å². The molecule has 1 spiro atoms. The molecule has 4 saturated carbocycles. The summed E-state index contributed by atoms with van der Waals surface area (Å²) in [5, 5.41) is 8.92. The fourth-order valence-electron chi connectivity index (χ4n) is 5.90. The number of aliphatic hydroxyl groups excluding tert-OH is 1. The first-order valence-corrected chi connectivity index (χ1v) is 10.2. The van der Waals surface area contributed by atoms with Crippen LogP contribution < -0.4 is 4.74 Å². The predicted molar refractivity (Wildman–Crippen MR) is 99.7 cm³/mol. The van der Waals surface area contributed by atoms with E-state index < -0.39 is 5.79 Å². The molecule has 0 aromatic heterocycles. The van der Waals surface area contributed by atoms with Crippen molar-refractivity contribution in [2.24, 2.45) is 23.7 Å². The molecule has 4 aliphatic carbocycles. The summed E-state index contributed by atoms with van der Waals surface area (Å²) in [6.07, 6.45) is 5.94. The normalized spacial score (nSPS) is 39.7. The third kappa shape index (κ3) is 3.01. The molecule has 5 fully saturated rings. The number of hydrogen-bond donors (Lipinski definition) is 1. The molecule has 1 saturated heterocycles. The van der Waals surface area contributed by atoms with Crippen molar-refractivity contribution in [1.82, 2.24) is 0 Å². The molecule has 0 amide bonds. The minimum atomic E-state index is -0.531. The smallest absolute Gasteiger partial charge is 0.207 e. The highest BCUT2D eigenvalue weighted by atomic mass is 17.2. The number of benzene rings is 1. The Morgan fingerprint density at radius 1 is 1.15 bits per heavy atom. The van der Waals surface area contributed by atoms with Gasteiger partial charge in [-0.2, -0.15) is 4.89 Å². The zero-order valence-corrected chi connectivity index (χ0v) is 15.6. The monoisotopic (exact) mass is 372 g/mol. The molecule has 0 radical (unpaired) electrons. The highest BCUT2D eigenvalue weighted by molar-refractivity contribution is 5.68. The van der Waals surface area contributed by atoms with Gasteiger partial charge in [-0.05, 0) is 67.2 Å². The van der Waals surface area contributed by atoms with Crippen LogP contribution in [0.4, 0.5) is 0 Å². The van der Waals surface area contributed by atoms with Crippen molar-refractivity contribution in [3.63, 3.8) is 0 Å². The lowest BCUT2D eigenvalue weighted by Crippen LogP contribution is -2.63. The van der Waals surface area contributed by atoms with Crippen molar-refractivity contribution in [3.05, 3.63) is 36.4 Å². The van der Waals surface area contributed by atoms with Crippen LogP contribution in [-0.4, -0.2) is 36.8 Å². The largest absolute Gasteiger partial charge is 0.491 e. The van der Waals surface area contributed by atoms with Crippen molar-refractivity contribution in [2.45, 2.75) is 44.0 Å². The van der Waals surface area contributed by atoms with Crippen molar-refractivity contribution < 1.29 is 24.4 Å². The summed E-state index contributed by atoms with van der Waals surface area (Å²) >= 11 is 0. The maximum Gasteiger partial charge on any atom is 0.207 e. The van der Waals surface area contributed by atoms with Crippen molar-refractivity contribution in [1.29, 1.82) is 0 Å². The van der Waals surface area contributed by atoms with E-state index in [1.165, 1.54) is 32.1 Å². The average molecular weight is 372 g/mol. The molecule has 5 aliphatic rings. The van der Waals surface area contributed by atoms with Crippen molar-refractivity contribution >= 4 is 5.57 Å². The van der Waals surface area contributed by atoms with Gasteiger partial charge in [0.25, 0.3) is 0 Å². The van der Waals surface area contributed by atoms with Gasteiger partial charge in [0, 0.05) is 11.8 Å². The minimum Gasteiger partial charge on any atom is -0.491 e. The molecule has 5 nitrogen and oxygen atoms in total. The molecule has 1 N–H and O–H groups in total. The quantitative estimate of drug-likeness (QED) is 0.801. The zero-order chi connectivity index (χ0) is 18.4. The molecule has 1 unspecified atom stereocenters. The topological polar surface area (TPSA) is 57.2 Å². The highest BCUT2D eigenvalue weighted by Gasteiger charge is 2.61. The third-order valence-corrected chi connectivity index (χ3v) is 6.98. The first kappa shape index (κ1) is 17.7. The van der Waals surface area contributed by atoms with E-state index in [9.17, 15) is 0 Å². The predicted octanol–water partition coefficient (Wildman–Crippen LogP) is 3.57. The molecule has 146 valence electrons. The molecule has 5 heteroatoms. The van der Waals surface area contributed by atoms with Gasteiger partial charge in [0.1, 0.15) is 18.5 Å². The Kier molecular flexibility index (Phi) is 4.51. The third-order valence-electron chi connectivity index (χ3n) is 6.98. The SMILES string of the molecule is C=C(c1cccc(OCCO)c1)C1COC2(OO1)C1CC3CC(C1)CC2C3. The number of ether oxygens (including phenoxy) is 2. The molecule has 27 heavy (non-hydrogen) atoms. The molecular formula is C22H28O5. The van der Waals surface area contributed by atoms with E-state index in [1.807, 2.05) is 24.3 Å². The molecule has 4 bridgehead atoms. The van der Waals surface area contributed by atoms with Crippen molar-refractivity contribution in [3.8, 4) is 5.75 Å². The highest BCUT2D eigenvalue weighted by Crippen LogP contribution is 2.60. The second-order valence-corrected chi connectivity index (χ2v) is 8.63. The van der Waals surface area contributed by atoms with Gasteiger partial charge in [-0.15, -0.1) is 0 Å².